The number of ether oxygens (including phenoxy) is 1. The molecule has 3 rings (SSSR count). The number of imidazole rings is 1. The first kappa shape index (κ1) is 18.2. The molecule has 140 valence electrons. The van der Waals surface area contributed by atoms with Gasteiger partial charge in [-0.3, -0.25) is 9.78 Å². The largest absolute Gasteiger partial charge is 0.493 e. The number of aromatic nitrogens is 2. The molecule has 0 saturated heterocycles. The van der Waals surface area contributed by atoms with Crippen LogP contribution in [-0.2, 0) is 17.6 Å². The van der Waals surface area contributed by atoms with E-state index < -0.39 is 5.69 Å². The number of benzene rings is 2. The highest BCUT2D eigenvalue weighted by atomic mass is 19.1. The van der Waals surface area contributed by atoms with Crippen molar-refractivity contribution in [2.24, 2.45) is 0 Å². The molecule has 2 aromatic carbocycles. The Morgan fingerprint density at radius 1 is 1.04 bits per heavy atom. The van der Waals surface area contributed by atoms with Gasteiger partial charge in [0, 0.05) is 6.54 Å². The van der Waals surface area contributed by atoms with Crippen molar-refractivity contribution in [1.82, 2.24) is 15.3 Å². The molecule has 0 unspecified atom stereocenters. The summed E-state index contributed by atoms with van der Waals surface area (Å²) in [5.41, 5.74) is 0.595. The molecule has 0 atom stereocenters. The molecule has 8 heteroatoms. The molecule has 0 aliphatic rings. The molecule has 0 aliphatic heterocycles. The molecule has 1 heterocycles. The molecule has 4 N–H and O–H groups in total. The van der Waals surface area contributed by atoms with Crippen molar-refractivity contribution in [3.63, 3.8) is 0 Å². The van der Waals surface area contributed by atoms with E-state index in [9.17, 15) is 19.1 Å². The van der Waals surface area contributed by atoms with Gasteiger partial charge in [0.1, 0.15) is 17.3 Å². The fourth-order valence-corrected chi connectivity index (χ4v) is 2.47. The third-order valence-electron chi connectivity index (χ3n) is 3.83. The van der Waals surface area contributed by atoms with Gasteiger partial charge in [0.25, 0.3) is 0 Å². The summed E-state index contributed by atoms with van der Waals surface area (Å²) in [5.74, 6) is 0.213. The van der Waals surface area contributed by atoms with Crippen LogP contribution in [0.15, 0.2) is 53.3 Å². The zero-order valence-corrected chi connectivity index (χ0v) is 14.3. The Kier molecular flexibility index (Phi) is 5.55. The molecule has 0 spiro atoms. The van der Waals surface area contributed by atoms with Gasteiger partial charge in [-0.05, 0) is 48.4 Å². The van der Waals surface area contributed by atoms with Crippen molar-refractivity contribution < 1.29 is 19.0 Å². The Hall–Kier alpha value is -3.55. The van der Waals surface area contributed by atoms with E-state index in [1.165, 1.54) is 12.1 Å². The molecule has 0 saturated carbocycles. The second-order valence-corrected chi connectivity index (χ2v) is 5.88. The number of hydrogen-bond donors (Lipinski definition) is 4. The van der Waals surface area contributed by atoms with Crippen LogP contribution in [0.25, 0.3) is 0 Å². The standard InChI is InChI=1S/C19H18FN3O4/c20-13-3-7-15(8-4-13)27-14-5-1-12(2-6-14)9-10-21-17(24)11-16-18(25)23-19(26)22-16/h1-8,25H,9-11H2,(H,21,24)(H2,22,23,26). The van der Waals surface area contributed by atoms with Gasteiger partial charge >= 0.3 is 5.69 Å². The van der Waals surface area contributed by atoms with Crippen LogP contribution in [0.5, 0.6) is 17.4 Å². The Morgan fingerprint density at radius 2 is 1.67 bits per heavy atom. The molecule has 7 nitrogen and oxygen atoms in total. The molecular formula is C19H18FN3O4. The van der Waals surface area contributed by atoms with Crippen LogP contribution in [-0.4, -0.2) is 27.5 Å². The van der Waals surface area contributed by atoms with Crippen LogP contribution in [0.1, 0.15) is 11.3 Å². The normalized spacial score (nSPS) is 10.6. The molecular weight excluding hydrogens is 353 g/mol. The minimum Gasteiger partial charge on any atom is -0.493 e. The number of amides is 1. The fourth-order valence-electron chi connectivity index (χ4n) is 2.47. The van der Waals surface area contributed by atoms with E-state index >= 15 is 0 Å². The minimum absolute atomic E-state index is 0.116. The van der Waals surface area contributed by atoms with Gasteiger partial charge in [0.15, 0.2) is 0 Å². The first-order valence-electron chi connectivity index (χ1n) is 8.29. The minimum atomic E-state index is -0.557. The number of carbonyl (C=O) groups excluding carboxylic acids is 1. The summed E-state index contributed by atoms with van der Waals surface area (Å²) in [5, 5.41) is 12.2. The van der Waals surface area contributed by atoms with Crippen LogP contribution in [0, 0.1) is 5.82 Å². The van der Waals surface area contributed by atoms with Crippen molar-refractivity contribution >= 4 is 5.91 Å². The number of rotatable bonds is 7. The molecule has 0 aliphatic carbocycles. The Morgan fingerprint density at radius 3 is 2.26 bits per heavy atom. The summed E-state index contributed by atoms with van der Waals surface area (Å²) in [6.45, 7) is 0.409. The topological polar surface area (TPSA) is 107 Å². The first-order valence-corrected chi connectivity index (χ1v) is 8.29. The highest BCUT2D eigenvalue weighted by molar-refractivity contribution is 5.78. The smallest absolute Gasteiger partial charge is 0.325 e. The van der Waals surface area contributed by atoms with E-state index in [1.807, 2.05) is 12.1 Å². The SMILES string of the molecule is O=C(Cc1[nH]c(=O)[nH]c1O)NCCc1ccc(Oc2ccc(F)cc2)cc1. The lowest BCUT2D eigenvalue weighted by Gasteiger charge is -2.08. The van der Waals surface area contributed by atoms with E-state index in [0.717, 1.165) is 5.56 Å². The van der Waals surface area contributed by atoms with Gasteiger partial charge in [-0.15, -0.1) is 0 Å². The zero-order chi connectivity index (χ0) is 19.2. The fraction of sp³-hybridized carbons (Fsp3) is 0.158. The predicted octanol–water partition coefficient (Wildman–Crippen LogP) is 2.24. The number of aromatic hydroxyl groups is 1. The van der Waals surface area contributed by atoms with Gasteiger partial charge in [0.05, 0.1) is 12.1 Å². The number of carbonyl (C=O) groups is 1. The summed E-state index contributed by atoms with van der Waals surface area (Å²) < 4.78 is 18.5. The monoisotopic (exact) mass is 371 g/mol. The number of hydrogen-bond acceptors (Lipinski definition) is 4. The summed E-state index contributed by atoms with van der Waals surface area (Å²) >= 11 is 0. The van der Waals surface area contributed by atoms with Gasteiger partial charge in [-0.2, -0.15) is 0 Å². The number of H-pyrrole nitrogens is 2. The number of halogens is 1. The molecule has 0 bridgehead atoms. The summed E-state index contributed by atoms with van der Waals surface area (Å²) in [6, 6.07) is 13.1. The van der Waals surface area contributed by atoms with Gasteiger partial charge in [0.2, 0.25) is 11.8 Å². The van der Waals surface area contributed by atoms with E-state index in [2.05, 4.69) is 15.3 Å². The van der Waals surface area contributed by atoms with Crippen LogP contribution in [0.4, 0.5) is 4.39 Å². The lowest BCUT2D eigenvalue weighted by Crippen LogP contribution is -2.27. The van der Waals surface area contributed by atoms with Crippen molar-refractivity contribution in [3.05, 3.63) is 76.1 Å². The van der Waals surface area contributed by atoms with Crippen LogP contribution in [0.2, 0.25) is 0 Å². The first-order chi connectivity index (χ1) is 13.0. The van der Waals surface area contributed by atoms with E-state index in [-0.39, 0.29) is 29.7 Å². The maximum atomic E-state index is 12.9. The van der Waals surface area contributed by atoms with E-state index in [4.69, 9.17) is 4.74 Å². The second kappa shape index (κ2) is 8.22. The van der Waals surface area contributed by atoms with Gasteiger partial charge < -0.3 is 20.1 Å². The summed E-state index contributed by atoms with van der Waals surface area (Å²) in [7, 11) is 0. The third kappa shape index (κ3) is 5.21. The number of nitrogens with one attached hydrogen (secondary N) is 3. The summed E-state index contributed by atoms with van der Waals surface area (Å²) in [4.78, 5) is 27.4. The maximum Gasteiger partial charge on any atom is 0.325 e. The second-order valence-electron chi connectivity index (χ2n) is 5.88. The Bertz CT molecular complexity index is 962. The molecule has 27 heavy (non-hydrogen) atoms. The third-order valence-corrected chi connectivity index (χ3v) is 3.83. The zero-order valence-electron chi connectivity index (χ0n) is 14.3. The highest BCUT2D eigenvalue weighted by Gasteiger charge is 2.10. The molecule has 1 aromatic heterocycles. The predicted molar refractivity (Wildman–Crippen MR) is 96.4 cm³/mol. The quantitative estimate of drug-likeness (QED) is 0.511. The van der Waals surface area contributed by atoms with Crippen molar-refractivity contribution in [1.29, 1.82) is 0 Å². The lowest BCUT2D eigenvalue weighted by atomic mass is 10.1. The lowest BCUT2D eigenvalue weighted by molar-refractivity contribution is -0.120. The van der Waals surface area contributed by atoms with E-state index in [1.54, 1.807) is 24.3 Å². The Labute approximate surface area is 153 Å². The van der Waals surface area contributed by atoms with Gasteiger partial charge in [-0.25, -0.2) is 9.18 Å². The highest BCUT2D eigenvalue weighted by Crippen LogP contribution is 2.21. The average molecular weight is 371 g/mol. The van der Waals surface area contributed by atoms with Crippen molar-refractivity contribution in [2.45, 2.75) is 12.8 Å². The maximum absolute atomic E-state index is 12.9. The Balaban J connectivity index is 1.45. The molecule has 3 aromatic rings. The molecule has 1 amide bonds. The van der Waals surface area contributed by atoms with Crippen LogP contribution in [0.3, 0.4) is 0 Å². The molecule has 0 fully saturated rings. The molecule has 0 radical (unpaired) electrons. The van der Waals surface area contributed by atoms with Crippen LogP contribution < -0.4 is 15.7 Å². The van der Waals surface area contributed by atoms with Crippen molar-refractivity contribution in [2.75, 3.05) is 6.54 Å². The average Bonchev–Trinajstić information content (AvgIpc) is 2.95. The van der Waals surface area contributed by atoms with E-state index in [0.29, 0.717) is 24.5 Å². The van der Waals surface area contributed by atoms with Crippen molar-refractivity contribution in [3.8, 4) is 17.4 Å². The van der Waals surface area contributed by atoms with Crippen LogP contribution >= 0.6 is 0 Å². The summed E-state index contributed by atoms with van der Waals surface area (Å²) in [6.07, 6.45) is 0.493. The number of aromatic amines is 2. The van der Waals surface area contributed by atoms with Gasteiger partial charge in [-0.1, -0.05) is 12.1 Å².